The maximum atomic E-state index is 14.2. The van der Waals surface area contributed by atoms with Crippen LogP contribution in [0.25, 0.3) is 11.3 Å². The molecule has 0 radical (unpaired) electrons. The molecule has 0 spiro atoms. The van der Waals surface area contributed by atoms with Crippen LogP contribution in [-0.2, 0) is 0 Å². The number of aromatic hydroxyl groups is 1. The van der Waals surface area contributed by atoms with Crippen LogP contribution in [0.15, 0.2) is 77.3 Å². The van der Waals surface area contributed by atoms with E-state index < -0.39 is 17.6 Å². The van der Waals surface area contributed by atoms with Gasteiger partial charge in [0.2, 0.25) is 0 Å². The summed E-state index contributed by atoms with van der Waals surface area (Å²) in [4.78, 5) is 12.4. The molecular formula is C22H16BrFN2O2. The van der Waals surface area contributed by atoms with Gasteiger partial charge >= 0.3 is 6.03 Å². The van der Waals surface area contributed by atoms with E-state index in [-0.39, 0.29) is 10.5 Å². The molecule has 0 bridgehead atoms. The zero-order valence-electron chi connectivity index (χ0n) is 14.6. The molecule has 2 amide bonds. The van der Waals surface area contributed by atoms with Gasteiger partial charge in [0.1, 0.15) is 0 Å². The van der Waals surface area contributed by atoms with Gasteiger partial charge in [-0.1, -0.05) is 60.7 Å². The van der Waals surface area contributed by atoms with Crippen LogP contribution in [0.4, 0.5) is 9.18 Å². The normalized spacial score (nSPS) is 16.5. The SMILES string of the molecule is O=C1NC(c2ccccc2)=C(c2ccccc2)C(c2cc(F)c(O)c(Br)c2)N1. The first-order chi connectivity index (χ1) is 13.5. The van der Waals surface area contributed by atoms with Crippen LogP contribution < -0.4 is 10.6 Å². The fraction of sp³-hybridized carbons (Fsp3) is 0.0455. The predicted octanol–water partition coefficient (Wildman–Crippen LogP) is 5.22. The van der Waals surface area contributed by atoms with Crippen molar-refractivity contribution in [2.24, 2.45) is 0 Å². The van der Waals surface area contributed by atoms with Crippen molar-refractivity contribution in [3.8, 4) is 5.75 Å². The molecular weight excluding hydrogens is 423 g/mol. The molecule has 0 saturated carbocycles. The number of amides is 2. The number of benzene rings is 3. The third-order valence-corrected chi connectivity index (χ3v) is 5.20. The first kappa shape index (κ1) is 18.3. The van der Waals surface area contributed by atoms with E-state index in [9.17, 15) is 14.3 Å². The molecule has 0 saturated heterocycles. The zero-order chi connectivity index (χ0) is 19.7. The summed E-state index contributed by atoms with van der Waals surface area (Å²) in [5.74, 6) is -1.22. The third kappa shape index (κ3) is 3.39. The number of rotatable bonds is 3. The number of phenols is 1. The number of hydrogen-bond acceptors (Lipinski definition) is 2. The molecule has 140 valence electrons. The van der Waals surface area contributed by atoms with E-state index in [0.717, 1.165) is 16.7 Å². The Morgan fingerprint density at radius 3 is 2.14 bits per heavy atom. The van der Waals surface area contributed by atoms with E-state index in [1.807, 2.05) is 60.7 Å². The minimum atomic E-state index is -0.758. The van der Waals surface area contributed by atoms with Crippen molar-refractivity contribution in [1.82, 2.24) is 10.6 Å². The Hall–Kier alpha value is -3.12. The highest BCUT2D eigenvalue weighted by Gasteiger charge is 2.30. The number of carbonyl (C=O) groups is 1. The van der Waals surface area contributed by atoms with Crippen molar-refractivity contribution in [1.29, 1.82) is 0 Å². The van der Waals surface area contributed by atoms with E-state index in [2.05, 4.69) is 26.6 Å². The van der Waals surface area contributed by atoms with Gasteiger partial charge in [-0.2, -0.15) is 0 Å². The van der Waals surface area contributed by atoms with Gasteiger partial charge in [0.05, 0.1) is 16.2 Å². The number of phenolic OH excluding ortho intramolecular Hbond substituents is 1. The summed E-state index contributed by atoms with van der Waals surface area (Å²) in [5.41, 5.74) is 3.72. The van der Waals surface area contributed by atoms with E-state index in [4.69, 9.17) is 0 Å². The van der Waals surface area contributed by atoms with Crippen LogP contribution in [0.2, 0.25) is 0 Å². The molecule has 1 atom stereocenters. The van der Waals surface area contributed by atoms with Crippen molar-refractivity contribution in [2.75, 3.05) is 0 Å². The Kier molecular flexibility index (Phi) is 4.88. The number of nitrogens with one attached hydrogen (secondary N) is 2. The smallest absolute Gasteiger partial charge is 0.320 e. The third-order valence-electron chi connectivity index (χ3n) is 4.59. The van der Waals surface area contributed by atoms with E-state index in [1.165, 1.54) is 6.07 Å². The average Bonchev–Trinajstić information content (AvgIpc) is 2.72. The lowest BCUT2D eigenvalue weighted by Gasteiger charge is -2.31. The second-order valence-electron chi connectivity index (χ2n) is 6.39. The summed E-state index contributed by atoms with van der Waals surface area (Å²) in [6.07, 6.45) is 0. The molecule has 1 heterocycles. The number of carbonyl (C=O) groups excluding carboxylic acids is 1. The van der Waals surface area contributed by atoms with Gasteiger partial charge < -0.3 is 15.7 Å². The Morgan fingerprint density at radius 2 is 1.54 bits per heavy atom. The molecule has 4 nitrogen and oxygen atoms in total. The van der Waals surface area contributed by atoms with Crippen LogP contribution in [0, 0.1) is 5.82 Å². The van der Waals surface area contributed by atoms with Gasteiger partial charge in [-0.25, -0.2) is 9.18 Å². The topological polar surface area (TPSA) is 61.4 Å². The summed E-state index contributed by atoms with van der Waals surface area (Å²) < 4.78 is 14.4. The largest absolute Gasteiger partial charge is 0.504 e. The van der Waals surface area contributed by atoms with E-state index >= 15 is 0 Å². The van der Waals surface area contributed by atoms with E-state index in [0.29, 0.717) is 11.3 Å². The van der Waals surface area contributed by atoms with Crippen molar-refractivity contribution >= 4 is 33.2 Å². The fourth-order valence-electron chi connectivity index (χ4n) is 3.33. The second-order valence-corrected chi connectivity index (χ2v) is 7.24. The molecule has 0 fully saturated rings. The summed E-state index contributed by atoms with van der Waals surface area (Å²) in [6, 6.07) is 21.0. The van der Waals surface area contributed by atoms with Gasteiger partial charge in [-0.3, -0.25) is 0 Å². The van der Waals surface area contributed by atoms with Crippen molar-refractivity contribution in [2.45, 2.75) is 6.04 Å². The minimum absolute atomic E-state index is 0.226. The minimum Gasteiger partial charge on any atom is -0.504 e. The number of hydrogen-bond donors (Lipinski definition) is 3. The summed E-state index contributed by atoms with van der Waals surface area (Å²) in [7, 11) is 0. The van der Waals surface area contributed by atoms with Gasteiger partial charge in [-0.05, 0) is 44.8 Å². The average molecular weight is 439 g/mol. The number of urea groups is 1. The lowest BCUT2D eigenvalue weighted by Crippen LogP contribution is -2.43. The van der Waals surface area contributed by atoms with Crippen LogP contribution in [0.3, 0.4) is 0 Å². The summed E-state index contributed by atoms with van der Waals surface area (Å²) in [5, 5.41) is 15.5. The van der Waals surface area contributed by atoms with Gasteiger partial charge in [0, 0.05) is 5.57 Å². The van der Waals surface area contributed by atoms with Crippen molar-refractivity contribution in [3.05, 3.63) is 99.8 Å². The number of halogens is 2. The monoisotopic (exact) mass is 438 g/mol. The Labute approximate surface area is 169 Å². The first-order valence-corrected chi connectivity index (χ1v) is 9.44. The van der Waals surface area contributed by atoms with Crippen LogP contribution in [-0.4, -0.2) is 11.1 Å². The quantitative estimate of drug-likeness (QED) is 0.525. The standard InChI is InChI=1S/C22H16BrFN2O2/c23-16-11-15(12-17(24)21(16)27)20-18(13-7-3-1-4-8-13)19(25-22(28)26-20)14-9-5-2-6-10-14/h1-12,20,27H,(H2,25,26,28). The lowest BCUT2D eigenvalue weighted by molar-refractivity contribution is 0.242. The Balaban J connectivity index is 1.97. The van der Waals surface area contributed by atoms with Crippen molar-refractivity contribution < 1.29 is 14.3 Å². The maximum absolute atomic E-state index is 14.2. The molecule has 3 N–H and O–H groups in total. The maximum Gasteiger partial charge on any atom is 0.320 e. The van der Waals surface area contributed by atoms with Crippen molar-refractivity contribution in [3.63, 3.8) is 0 Å². The molecule has 6 heteroatoms. The van der Waals surface area contributed by atoms with Crippen LogP contribution >= 0.6 is 15.9 Å². The lowest BCUT2D eigenvalue weighted by atomic mass is 9.88. The molecule has 3 aromatic rings. The highest BCUT2D eigenvalue weighted by Crippen LogP contribution is 2.40. The molecule has 1 aliphatic heterocycles. The zero-order valence-corrected chi connectivity index (χ0v) is 16.2. The summed E-state index contributed by atoms with van der Waals surface area (Å²) in [6.45, 7) is 0. The first-order valence-electron chi connectivity index (χ1n) is 8.65. The van der Waals surface area contributed by atoms with Crippen LogP contribution in [0.1, 0.15) is 22.7 Å². The molecule has 0 aromatic heterocycles. The molecule has 0 aliphatic carbocycles. The van der Waals surface area contributed by atoms with Gasteiger partial charge in [-0.15, -0.1) is 0 Å². The van der Waals surface area contributed by atoms with Crippen LogP contribution in [0.5, 0.6) is 5.75 Å². The molecule has 1 unspecified atom stereocenters. The molecule has 3 aromatic carbocycles. The Bertz CT molecular complexity index is 1050. The molecule has 1 aliphatic rings. The predicted molar refractivity (Wildman–Crippen MR) is 110 cm³/mol. The highest BCUT2D eigenvalue weighted by molar-refractivity contribution is 9.10. The highest BCUT2D eigenvalue weighted by atomic mass is 79.9. The summed E-state index contributed by atoms with van der Waals surface area (Å²) >= 11 is 3.18. The van der Waals surface area contributed by atoms with Gasteiger partial charge in [0.25, 0.3) is 0 Å². The Morgan fingerprint density at radius 1 is 0.929 bits per heavy atom. The fourth-order valence-corrected chi connectivity index (χ4v) is 3.78. The van der Waals surface area contributed by atoms with E-state index in [1.54, 1.807) is 6.07 Å². The van der Waals surface area contributed by atoms with Gasteiger partial charge in [0.15, 0.2) is 11.6 Å². The second kappa shape index (κ2) is 7.48. The molecule has 28 heavy (non-hydrogen) atoms. The molecule has 4 rings (SSSR count).